The highest BCUT2D eigenvalue weighted by molar-refractivity contribution is 7.19. The molecule has 30 heavy (non-hydrogen) atoms. The van der Waals surface area contributed by atoms with Gasteiger partial charge in [-0.05, 0) is 35.9 Å². The van der Waals surface area contributed by atoms with Crippen molar-refractivity contribution >= 4 is 28.1 Å². The fourth-order valence-corrected chi connectivity index (χ4v) is 3.88. The van der Waals surface area contributed by atoms with Crippen LogP contribution in [0.15, 0.2) is 78.9 Å². The van der Waals surface area contributed by atoms with E-state index in [0.717, 1.165) is 22.1 Å². The standard InChI is InChI=1S/C22H14FN3O3S/c23-17-8-4-7-16(13-17)21(27)25-22-24-19(14-5-2-1-3-6-14)20(30-22)15-9-11-18(12-10-15)26(28)29/h1-13H,(H,24,25,27). The average molecular weight is 419 g/mol. The van der Waals surface area contributed by atoms with Gasteiger partial charge < -0.3 is 0 Å². The molecule has 0 aliphatic carbocycles. The van der Waals surface area contributed by atoms with Gasteiger partial charge in [0.2, 0.25) is 0 Å². The number of nitrogens with zero attached hydrogens (tertiary/aromatic N) is 2. The van der Waals surface area contributed by atoms with Crippen LogP contribution in [0.3, 0.4) is 0 Å². The first-order valence-corrected chi connectivity index (χ1v) is 9.71. The van der Waals surface area contributed by atoms with Crippen LogP contribution in [0.2, 0.25) is 0 Å². The molecule has 8 heteroatoms. The van der Waals surface area contributed by atoms with E-state index in [-0.39, 0.29) is 11.3 Å². The van der Waals surface area contributed by atoms with Gasteiger partial charge in [0, 0.05) is 23.3 Å². The number of halogens is 1. The number of benzene rings is 3. The van der Waals surface area contributed by atoms with Crippen LogP contribution < -0.4 is 5.32 Å². The number of hydrogen-bond donors (Lipinski definition) is 1. The molecule has 6 nitrogen and oxygen atoms in total. The number of nitrogens with one attached hydrogen (secondary N) is 1. The van der Waals surface area contributed by atoms with Gasteiger partial charge in [-0.3, -0.25) is 20.2 Å². The highest BCUT2D eigenvalue weighted by Gasteiger charge is 2.18. The molecule has 0 aliphatic heterocycles. The summed E-state index contributed by atoms with van der Waals surface area (Å²) in [6.07, 6.45) is 0. The van der Waals surface area contributed by atoms with Crippen LogP contribution in [0.4, 0.5) is 15.2 Å². The summed E-state index contributed by atoms with van der Waals surface area (Å²) in [7, 11) is 0. The Kier molecular flexibility index (Phi) is 5.32. The van der Waals surface area contributed by atoms with E-state index in [1.54, 1.807) is 12.1 Å². The summed E-state index contributed by atoms with van der Waals surface area (Å²) >= 11 is 1.24. The van der Waals surface area contributed by atoms with Gasteiger partial charge in [-0.2, -0.15) is 0 Å². The van der Waals surface area contributed by atoms with Crippen LogP contribution in [-0.4, -0.2) is 15.8 Å². The number of hydrogen-bond acceptors (Lipinski definition) is 5. The quantitative estimate of drug-likeness (QED) is 0.328. The average Bonchev–Trinajstić information content (AvgIpc) is 3.18. The van der Waals surface area contributed by atoms with E-state index in [1.807, 2.05) is 30.3 Å². The van der Waals surface area contributed by atoms with E-state index in [1.165, 1.54) is 41.7 Å². The van der Waals surface area contributed by atoms with E-state index in [0.29, 0.717) is 10.8 Å². The SMILES string of the molecule is O=C(Nc1nc(-c2ccccc2)c(-c2ccc([N+](=O)[O-])cc2)s1)c1cccc(F)c1. The number of nitro groups is 1. The Bertz CT molecular complexity index is 1220. The lowest BCUT2D eigenvalue weighted by Crippen LogP contribution is -2.11. The van der Waals surface area contributed by atoms with Crippen molar-refractivity contribution in [2.45, 2.75) is 0 Å². The molecular formula is C22H14FN3O3S. The summed E-state index contributed by atoms with van der Waals surface area (Å²) in [5.41, 5.74) is 2.40. The van der Waals surface area contributed by atoms with Gasteiger partial charge in [-0.15, -0.1) is 0 Å². The number of carbonyl (C=O) groups is 1. The van der Waals surface area contributed by atoms with Gasteiger partial charge >= 0.3 is 0 Å². The van der Waals surface area contributed by atoms with E-state index in [2.05, 4.69) is 10.3 Å². The summed E-state index contributed by atoms with van der Waals surface area (Å²) < 4.78 is 13.4. The van der Waals surface area contributed by atoms with Crippen molar-refractivity contribution in [3.8, 4) is 21.7 Å². The predicted molar refractivity (Wildman–Crippen MR) is 114 cm³/mol. The minimum Gasteiger partial charge on any atom is -0.298 e. The lowest BCUT2D eigenvalue weighted by Gasteiger charge is -2.02. The lowest BCUT2D eigenvalue weighted by molar-refractivity contribution is -0.384. The minimum atomic E-state index is -0.502. The van der Waals surface area contributed by atoms with Gasteiger partial charge in [0.25, 0.3) is 11.6 Å². The molecule has 4 aromatic rings. The zero-order chi connectivity index (χ0) is 21.1. The first-order valence-electron chi connectivity index (χ1n) is 8.89. The van der Waals surface area contributed by atoms with E-state index in [4.69, 9.17) is 0 Å². The number of thiazole rings is 1. The van der Waals surface area contributed by atoms with Gasteiger partial charge in [0.05, 0.1) is 15.5 Å². The highest BCUT2D eigenvalue weighted by atomic mass is 32.1. The third kappa shape index (κ3) is 4.08. The van der Waals surface area contributed by atoms with Crippen molar-refractivity contribution in [2.75, 3.05) is 5.32 Å². The number of carbonyl (C=O) groups excluding carboxylic acids is 1. The van der Waals surface area contributed by atoms with Gasteiger partial charge in [0.1, 0.15) is 5.82 Å². The van der Waals surface area contributed by atoms with Crippen LogP contribution in [0.5, 0.6) is 0 Å². The molecule has 0 atom stereocenters. The number of nitro benzene ring substituents is 1. The second-order valence-corrected chi connectivity index (χ2v) is 7.33. The van der Waals surface area contributed by atoms with Crippen molar-refractivity contribution < 1.29 is 14.1 Å². The summed E-state index contributed by atoms with van der Waals surface area (Å²) in [5, 5.41) is 14.0. The Morgan fingerprint density at radius 1 is 0.967 bits per heavy atom. The Morgan fingerprint density at radius 3 is 2.37 bits per heavy atom. The number of rotatable bonds is 5. The normalized spacial score (nSPS) is 10.6. The van der Waals surface area contributed by atoms with E-state index >= 15 is 0 Å². The molecule has 4 rings (SSSR count). The Balaban J connectivity index is 1.72. The molecular weight excluding hydrogens is 405 g/mol. The van der Waals surface area contributed by atoms with Crippen LogP contribution in [-0.2, 0) is 0 Å². The molecule has 0 spiro atoms. The van der Waals surface area contributed by atoms with Crippen molar-refractivity contribution in [1.82, 2.24) is 4.98 Å². The largest absolute Gasteiger partial charge is 0.298 e. The molecule has 0 aliphatic rings. The zero-order valence-electron chi connectivity index (χ0n) is 15.4. The van der Waals surface area contributed by atoms with Gasteiger partial charge in [-0.25, -0.2) is 9.37 Å². The topological polar surface area (TPSA) is 85.1 Å². The number of amides is 1. The fraction of sp³-hybridized carbons (Fsp3) is 0. The van der Waals surface area contributed by atoms with E-state index in [9.17, 15) is 19.3 Å². The zero-order valence-corrected chi connectivity index (χ0v) is 16.2. The monoisotopic (exact) mass is 419 g/mol. The maximum atomic E-state index is 13.4. The summed E-state index contributed by atoms with van der Waals surface area (Å²) in [4.78, 5) is 28.3. The molecule has 0 saturated carbocycles. The molecule has 0 bridgehead atoms. The summed E-state index contributed by atoms with van der Waals surface area (Å²) in [6.45, 7) is 0. The number of anilines is 1. The van der Waals surface area contributed by atoms with Gasteiger partial charge in [-0.1, -0.05) is 47.7 Å². The summed E-state index contributed by atoms with van der Waals surface area (Å²) in [6, 6.07) is 21.0. The van der Waals surface area contributed by atoms with Crippen molar-refractivity contribution in [3.05, 3.63) is 100 Å². The maximum absolute atomic E-state index is 13.4. The maximum Gasteiger partial charge on any atom is 0.269 e. The molecule has 0 saturated heterocycles. The highest BCUT2D eigenvalue weighted by Crippen LogP contribution is 2.39. The first kappa shape index (κ1) is 19.4. The van der Waals surface area contributed by atoms with Crippen molar-refractivity contribution in [1.29, 1.82) is 0 Å². The van der Waals surface area contributed by atoms with Crippen LogP contribution in [0.25, 0.3) is 21.7 Å². The summed E-state index contributed by atoms with van der Waals surface area (Å²) in [5.74, 6) is -0.976. The Morgan fingerprint density at radius 2 is 1.70 bits per heavy atom. The second-order valence-electron chi connectivity index (χ2n) is 6.33. The lowest BCUT2D eigenvalue weighted by atomic mass is 10.1. The third-order valence-electron chi connectivity index (χ3n) is 4.32. The molecule has 1 aromatic heterocycles. The van der Waals surface area contributed by atoms with Gasteiger partial charge in [0.15, 0.2) is 5.13 Å². The Labute approximate surface area is 174 Å². The van der Waals surface area contributed by atoms with E-state index < -0.39 is 16.6 Å². The second kappa shape index (κ2) is 8.22. The molecule has 3 aromatic carbocycles. The smallest absolute Gasteiger partial charge is 0.269 e. The van der Waals surface area contributed by atoms with Crippen LogP contribution in [0, 0.1) is 15.9 Å². The van der Waals surface area contributed by atoms with Crippen LogP contribution in [0.1, 0.15) is 10.4 Å². The molecule has 0 radical (unpaired) electrons. The number of aromatic nitrogens is 1. The Hall–Kier alpha value is -3.91. The van der Waals surface area contributed by atoms with Crippen molar-refractivity contribution in [3.63, 3.8) is 0 Å². The fourth-order valence-electron chi connectivity index (χ4n) is 2.89. The predicted octanol–water partition coefficient (Wildman–Crippen LogP) is 5.78. The number of non-ortho nitro benzene ring substituents is 1. The molecule has 1 N–H and O–H groups in total. The third-order valence-corrected chi connectivity index (χ3v) is 5.34. The molecule has 148 valence electrons. The van der Waals surface area contributed by atoms with Crippen LogP contribution >= 0.6 is 11.3 Å². The van der Waals surface area contributed by atoms with Crippen molar-refractivity contribution in [2.24, 2.45) is 0 Å². The minimum absolute atomic E-state index is 0.0100. The molecule has 1 amide bonds. The molecule has 0 fully saturated rings. The molecule has 0 unspecified atom stereocenters. The first-order chi connectivity index (χ1) is 14.5. The molecule has 1 heterocycles.